The number of carbonyl (C=O) groups excluding carboxylic acids is 2. The van der Waals surface area contributed by atoms with Gasteiger partial charge in [0.05, 0.1) is 12.5 Å². The molecule has 4 nitrogen and oxygen atoms in total. The minimum Gasteiger partial charge on any atom is -0.466 e. The molecule has 1 unspecified atom stereocenters. The van der Waals surface area contributed by atoms with E-state index in [2.05, 4.69) is 13.8 Å². The monoisotopic (exact) mass is 255 g/mol. The van der Waals surface area contributed by atoms with Gasteiger partial charge in [0.2, 0.25) is 5.91 Å². The molecule has 1 fully saturated rings. The van der Waals surface area contributed by atoms with E-state index in [0.29, 0.717) is 19.1 Å². The van der Waals surface area contributed by atoms with Gasteiger partial charge in [0.15, 0.2) is 0 Å². The molecule has 0 aromatic rings. The van der Waals surface area contributed by atoms with Gasteiger partial charge < -0.3 is 9.64 Å². The van der Waals surface area contributed by atoms with Crippen LogP contribution in [0.4, 0.5) is 0 Å². The molecular weight excluding hydrogens is 230 g/mol. The third kappa shape index (κ3) is 3.72. The predicted octanol–water partition coefficient (Wildman–Crippen LogP) is 2.08. The number of likely N-dealkylation sites (tertiary alicyclic amines) is 1. The van der Waals surface area contributed by atoms with E-state index in [1.54, 1.807) is 0 Å². The third-order valence-electron chi connectivity index (χ3n) is 3.74. The second kappa shape index (κ2) is 6.76. The van der Waals surface area contributed by atoms with E-state index in [1.165, 1.54) is 0 Å². The molecule has 1 rings (SSSR count). The molecule has 1 heterocycles. The normalized spacial score (nSPS) is 21.8. The maximum atomic E-state index is 12.2. The highest BCUT2D eigenvalue weighted by molar-refractivity contribution is 5.80. The van der Waals surface area contributed by atoms with E-state index >= 15 is 0 Å². The Kier molecular flexibility index (Phi) is 5.63. The Hall–Kier alpha value is -1.06. The van der Waals surface area contributed by atoms with Gasteiger partial charge in [0.1, 0.15) is 0 Å². The van der Waals surface area contributed by atoms with Gasteiger partial charge in [-0.1, -0.05) is 20.8 Å². The fourth-order valence-electron chi connectivity index (χ4n) is 2.20. The highest BCUT2D eigenvalue weighted by atomic mass is 16.5. The number of rotatable bonds is 4. The summed E-state index contributed by atoms with van der Waals surface area (Å²) >= 11 is 0. The van der Waals surface area contributed by atoms with Crippen LogP contribution in [0.25, 0.3) is 0 Å². The molecule has 0 aromatic carbocycles. The molecule has 0 bridgehead atoms. The Bertz CT molecular complexity index is 301. The summed E-state index contributed by atoms with van der Waals surface area (Å²) in [5.74, 6) is 0.222. The Morgan fingerprint density at radius 3 is 2.56 bits per heavy atom. The van der Waals surface area contributed by atoms with Crippen LogP contribution in [0.3, 0.4) is 0 Å². The molecule has 0 spiro atoms. The molecule has 0 aliphatic carbocycles. The first kappa shape index (κ1) is 15.0. The van der Waals surface area contributed by atoms with Crippen LogP contribution in [0.2, 0.25) is 0 Å². The molecule has 1 aliphatic rings. The van der Waals surface area contributed by atoms with Crippen molar-refractivity contribution in [2.75, 3.05) is 19.7 Å². The molecule has 4 heteroatoms. The predicted molar refractivity (Wildman–Crippen MR) is 69.9 cm³/mol. The van der Waals surface area contributed by atoms with Gasteiger partial charge in [-0.15, -0.1) is 0 Å². The smallest absolute Gasteiger partial charge is 0.310 e. The minimum atomic E-state index is -0.160. The number of carbonyl (C=O) groups is 2. The first-order chi connectivity index (χ1) is 8.47. The average Bonchev–Trinajstić information content (AvgIpc) is 2.37. The van der Waals surface area contributed by atoms with Crippen LogP contribution < -0.4 is 0 Å². The SMILES string of the molecule is CCOC(=O)[C@@H]1CCCN(C(=O)C(C)C(C)C)C1. The molecule has 0 aromatic heterocycles. The fraction of sp³-hybridized carbons (Fsp3) is 0.857. The van der Waals surface area contributed by atoms with Crippen molar-refractivity contribution in [1.82, 2.24) is 4.90 Å². The van der Waals surface area contributed by atoms with Crippen molar-refractivity contribution in [2.24, 2.45) is 17.8 Å². The van der Waals surface area contributed by atoms with Crippen molar-refractivity contribution in [3.8, 4) is 0 Å². The highest BCUT2D eigenvalue weighted by Crippen LogP contribution is 2.21. The van der Waals surface area contributed by atoms with Gasteiger partial charge in [0.25, 0.3) is 0 Å². The van der Waals surface area contributed by atoms with Crippen molar-refractivity contribution in [3.05, 3.63) is 0 Å². The standard InChI is InChI=1S/C14H25NO3/c1-5-18-14(17)12-7-6-8-15(9-12)13(16)11(4)10(2)3/h10-12H,5-9H2,1-4H3/t11?,12-/m1/s1. The van der Waals surface area contributed by atoms with Gasteiger partial charge in [-0.2, -0.15) is 0 Å². The summed E-state index contributed by atoms with van der Waals surface area (Å²) in [6, 6.07) is 0. The molecule has 1 saturated heterocycles. The minimum absolute atomic E-state index is 0.0194. The summed E-state index contributed by atoms with van der Waals surface area (Å²) in [7, 11) is 0. The number of hydrogen-bond donors (Lipinski definition) is 0. The number of ether oxygens (including phenoxy) is 1. The number of nitrogens with zero attached hydrogens (tertiary/aromatic N) is 1. The van der Waals surface area contributed by atoms with Crippen LogP contribution in [-0.4, -0.2) is 36.5 Å². The van der Waals surface area contributed by atoms with Crippen LogP contribution >= 0.6 is 0 Å². The van der Waals surface area contributed by atoms with Crippen molar-refractivity contribution < 1.29 is 14.3 Å². The summed E-state index contributed by atoms with van der Waals surface area (Å²) in [6.45, 7) is 9.57. The zero-order valence-electron chi connectivity index (χ0n) is 11.9. The summed E-state index contributed by atoms with van der Waals surface area (Å²) < 4.78 is 5.04. The topological polar surface area (TPSA) is 46.6 Å². The summed E-state index contributed by atoms with van der Waals surface area (Å²) in [6.07, 6.45) is 1.72. The van der Waals surface area contributed by atoms with E-state index < -0.39 is 0 Å². The van der Waals surface area contributed by atoms with Crippen molar-refractivity contribution in [3.63, 3.8) is 0 Å². The highest BCUT2D eigenvalue weighted by Gasteiger charge is 2.31. The second-order valence-corrected chi connectivity index (χ2v) is 5.41. The maximum absolute atomic E-state index is 12.2. The van der Waals surface area contributed by atoms with Gasteiger partial charge in [-0.3, -0.25) is 9.59 Å². The van der Waals surface area contributed by atoms with Crippen molar-refractivity contribution in [1.29, 1.82) is 0 Å². The van der Waals surface area contributed by atoms with Crippen molar-refractivity contribution in [2.45, 2.75) is 40.5 Å². The van der Waals surface area contributed by atoms with Crippen LogP contribution in [0, 0.1) is 17.8 Å². The molecular formula is C14H25NO3. The largest absolute Gasteiger partial charge is 0.466 e. The first-order valence-corrected chi connectivity index (χ1v) is 6.92. The second-order valence-electron chi connectivity index (χ2n) is 5.41. The Labute approximate surface area is 110 Å². The lowest BCUT2D eigenvalue weighted by Crippen LogP contribution is -2.45. The average molecular weight is 255 g/mol. The number of esters is 1. The number of amides is 1. The molecule has 0 saturated carbocycles. The molecule has 0 radical (unpaired) electrons. The fourth-order valence-corrected chi connectivity index (χ4v) is 2.20. The molecule has 1 amide bonds. The number of hydrogen-bond acceptors (Lipinski definition) is 3. The number of piperidine rings is 1. The molecule has 2 atom stereocenters. The van der Waals surface area contributed by atoms with Crippen LogP contribution in [0.1, 0.15) is 40.5 Å². The quantitative estimate of drug-likeness (QED) is 0.723. The Morgan fingerprint density at radius 1 is 1.33 bits per heavy atom. The van der Waals surface area contributed by atoms with Gasteiger partial charge >= 0.3 is 5.97 Å². The van der Waals surface area contributed by atoms with Crippen LogP contribution in [-0.2, 0) is 14.3 Å². The Balaban J connectivity index is 2.58. The molecule has 1 aliphatic heterocycles. The van der Waals surface area contributed by atoms with E-state index in [1.807, 2.05) is 18.7 Å². The third-order valence-corrected chi connectivity index (χ3v) is 3.74. The van der Waals surface area contributed by atoms with E-state index in [0.717, 1.165) is 19.4 Å². The summed E-state index contributed by atoms with van der Waals surface area (Å²) in [5, 5.41) is 0. The van der Waals surface area contributed by atoms with E-state index in [4.69, 9.17) is 4.74 Å². The van der Waals surface area contributed by atoms with Crippen LogP contribution in [0.15, 0.2) is 0 Å². The van der Waals surface area contributed by atoms with Crippen molar-refractivity contribution >= 4 is 11.9 Å². The van der Waals surface area contributed by atoms with E-state index in [-0.39, 0.29) is 23.7 Å². The Morgan fingerprint density at radius 2 is 2.00 bits per heavy atom. The lowest BCUT2D eigenvalue weighted by Gasteiger charge is -2.34. The zero-order valence-corrected chi connectivity index (χ0v) is 11.9. The summed E-state index contributed by atoms with van der Waals surface area (Å²) in [5.41, 5.74) is 0. The maximum Gasteiger partial charge on any atom is 0.310 e. The molecule has 18 heavy (non-hydrogen) atoms. The van der Waals surface area contributed by atoms with Gasteiger partial charge in [-0.25, -0.2) is 0 Å². The lowest BCUT2D eigenvalue weighted by atomic mass is 9.93. The first-order valence-electron chi connectivity index (χ1n) is 6.92. The summed E-state index contributed by atoms with van der Waals surface area (Å²) in [4.78, 5) is 25.8. The molecule has 0 N–H and O–H groups in total. The zero-order chi connectivity index (χ0) is 13.7. The van der Waals surface area contributed by atoms with Gasteiger partial charge in [-0.05, 0) is 25.7 Å². The lowest BCUT2D eigenvalue weighted by molar-refractivity contribution is -0.152. The van der Waals surface area contributed by atoms with Gasteiger partial charge in [0, 0.05) is 19.0 Å². The van der Waals surface area contributed by atoms with E-state index in [9.17, 15) is 9.59 Å². The molecule has 104 valence electrons. The van der Waals surface area contributed by atoms with Crippen LogP contribution in [0.5, 0.6) is 0 Å².